The van der Waals surface area contributed by atoms with Crippen LogP contribution in [0.4, 0.5) is 5.69 Å². The van der Waals surface area contributed by atoms with Gasteiger partial charge in [-0.15, -0.1) is 12.4 Å². The number of ether oxygens (including phenoxy) is 3. The molecule has 0 fully saturated rings. The molecular weight excluding hydrogens is 356 g/mol. The molecule has 26 heavy (non-hydrogen) atoms. The van der Waals surface area contributed by atoms with E-state index in [1.165, 1.54) is 0 Å². The molecule has 1 atom stereocenters. The predicted molar refractivity (Wildman–Crippen MR) is 104 cm³/mol. The maximum atomic E-state index is 12.6. The lowest BCUT2D eigenvalue weighted by molar-refractivity contribution is -0.120. The van der Waals surface area contributed by atoms with Crippen LogP contribution in [-0.2, 0) is 15.1 Å². The molecule has 0 saturated carbocycles. The van der Waals surface area contributed by atoms with Crippen LogP contribution in [0.2, 0.25) is 0 Å². The van der Waals surface area contributed by atoms with Crippen molar-refractivity contribution in [1.82, 2.24) is 0 Å². The molecule has 0 radical (unpaired) electrons. The molecule has 0 aromatic heterocycles. The van der Waals surface area contributed by atoms with E-state index in [0.717, 1.165) is 5.56 Å². The Hall–Kier alpha value is -2.28. The smallest absolute Gasteiger partial charge is 0.248 e. The zero-order chi connectivity index (χ0) is 18.3. The Morgan fingerprint density at radius 2 is 1.77 bits per heavy atom. The van der Waals surface area contributed by atoms with Crippen molar-refractivity contribution in [1.29, 1.82) is 0 Å². The Bertz CT molecular complexity index is 708. The van der Waals surface area contributed by atoms with Crippen LogP contribution >= 0.6 is 12.4 Å². The molecule has 7 heteroatoms. The van der Waals surface area contributed by atoms with Gasteiger partial charge in [-0.25, -0.2) is 0 Å². The lowest BCUT2D eigenvalue weighted by atomic mass is 9.92. The van der Waals surface area contributed by atoms with Gasteiger partial charge in [-0.1, -0.05) is 30.3 Å². The number of amides is 1. The number of methoxy groups -OCH3 is 2. The summed E-state index contributed by atoms with van der Waals surface area (Å²) in [6.45, 7) is 2.51. The van der Waals surface area contributed by atoms with E-state index in [1.807, 2.05) is 30.3 Å². The van der Waals surface area contributed by atoms with E-state index in [2.05, 4.69) is 5.32 Å². The number of hydrogen-bond donors (Lipinski definition) is 2. The van der Waals surface area contributed by atoms with E-state index >= 15 is 0 Å². The molecule has 0 aliphatic heterocycles. The molecule has 0 aliphatic carbocycles. The number of hydrogen-bond acceptors (Lipinski definition) is 5. The van der Waals surface area contributed by atoms with Crippen molar-refractivity contribution < 1.29 is 19.0 Å². The summed E-state index contributed by atoms with van der Waals surface area (Å²) in [5.74, 6) is 0.787. The first-order chi connectivity index (χ1) is 12.0. The SMILES string of the molecule is COCCOc1cc(NC(=O)C(C)(N)c2ccccc2)ccc1OC.Cl. The summed E-state index contributed by atoms with van der Waals surface area (Å²) >= 11 is 0. The van der Waals surface area contributed by atoms with Crippen LogP contribution in [0.1, 0.15) is 12.5 Å². The van der Waals surface area contributed by atoms with Gasteiger partial charge in [0.05, 0.1) is 13.7 Å². The molecule has 0 saturated heterocycles. The van der Waals surface area contributed by atoms with Gasteiger partial charge in [-0.2, -0.15) is 0 Å². The molecule has 2 aromatic rings. The lowest BCUT2D eigenvalue weighted by Crippen LogP contribution is -2.45. The molecule has 0 spiro atoms. The van der Waals surface area contributed by atoms with E-state index in [0.29, 0.717) is 30.4 Å². The number of anilines is 1. The van der Waals surface area contributed by atoms with Crippen molar-refractivity contribution in [2.45, 2.75) is 12.5 Å². The highest BCUT2D eigenvalue weighted by molar-refractivity contribution is 5.98. The average Bonchev–Trinajstić information content (AvgIpc) is 2.63. The van der Waals surface area contributed by atoms with E-state index in [-0.39, 0.29) is 18.3 Å². The quantitative estimate of drug-likeness (QED) is 0.688. The highest BCUT2D eigenvalue weighted by Gasteiger charge is 2.30. The fourth-order valence-corrected chi connectivity index (χ4v) is 2.28. The first kappa shape index (κ1) is 21.8. The first-order valence-corrected chi connectivity index (χ1v) is 7.94. The summed E-state index contributed by atoms with van der Waals surface area (Å²) in [5.41, 5.74) is 6.39. The summed E-state index contributed by atoms with van der Waals surface area (Å²) in [6, 6.07) is 14.4. The van der Waals surface area contributed by atoms with Crippen LogP contribution in [0.15, 0.2) is 48.5 Å². The fourth-order valence-electron chi connectivity index (χ4n) is 2.28. The van der Waals surface area contributed by atoms with Crippen molar-refractivity contribution >= 4 is 24.0 Å². The minimum absolute atomic E-state index is 0. The van der Waals surface area contributed by atoms with Crippen molar-refractivity contribution in [3.8, 4) is 11.5 Å². The lowest BCUT2D eigenvalue weighted by Gasteiger charge is -2.24. The van der Waals surface area contributed by atoms with E-state index < -0.39 is 5.54 Å². The summed E-state index contributed by atoms with van der Waals surface area (Å²) in [7, 11) is 3.16. The Balaban J connectivity index is 0.00000338. The number of halogens is 1. The minimum Gasteiger partial charge on any atom is -0.493 e. The minimum atomic E-state index is -1.15. The molecule has 2 rings (SSSR count). The second-order valence-electron chi connectivity index (χ2n) is 5.73. The summed E-state index contributed by atoms with van der Waals surface area (Å²) in [4.78, 5) is 12.6. The molecule has 0 heterocycles. The number of carbonyl (C=O) groups excluding carboxylic acids is 1. The molecule has 2 aromatic carbocycles. The van der Waals surface area contributed by atoms with Crippen LogP contribution in [0.25, 0.3) is 0 Å². The molecular formula is C19H25ClN2O4. The Morgan fingerprint density at radius 3 is 2.38 bits per heavy atom. The van der Waals surface area contributed by atoms with Gasteiger partial charge in [0, 0.05) is 18.9 Å². The van der Waals surface area contributed by atoms with E-state index in [1.54, 1.807) is 39.3 Å². The van der Waals surface area contributed by atoms with Gasteiger partial charge in [0.2, 0.25) is 5.91 Å². The molecule has 6 nitrogen and oxygen atoms in total. The summed E-state index contributed by atoms with van der Waals surface area (Å²) in [6.07, 6.45) is 0. The predicted octanol–water partition coefficient (Wildman–Crippen LogP) is 2.95. The molecule has 1 amide bonds. The highest BCUT2D eigenvalue weighted by Crippen LogP contribution is 2.31. The van der Waals surface area contributed by atoms with Crippen LogP contribution in [0.5, 0.6) is 11.5 Å². The second kappa shape index (κ2) is 10.0. The molecule has 1 unspecified atom stereocenters. The number of nitrogens with one attached hydrogen (secondary N) is 1. The van der Waals surface area contributed by atoms with Gasteiger partial charge in [0.15, 0.2) is 11.5 Å². The second-order valence-corrected chi connectivity index (χ2v) is 5.73. The standard InChI is InChI=1S/C19H24N2O4.ClH/c1-19(20,14-7-5-4-6-8-14)18(22)21-15-9-10-16(24-3)17(13-15)25-12-11-23-2;/h4-10,13H,11-12,20H2,1-3H3,(H,21,22);1H. The number of carbonyl (C=O) groups is 1. The normalized spacial score (nSPS) is 12.5. The van der Waals surface area contributed by atoms with Crippen LogP contribution in [-0.4, -0.2) is 33.3 Å². The molecule has 3 N–H and O–H groups in total. The van der Waals surface area contributed by atoms with Crippen molar-refractivity contribution in [3.63, 3.8) is 0 Å². The molecule has 0 bridgehead atoms. The monoisotopic (exact) mass is 380 g/mol. The zero-order valence-electron chi connectivity index (χ0n) is 15.2. The Kier molecular flexibility index (Phi) is 8.38. The maximum absolute atomic E-state index is 12.6. The Morgan fingerprint density at radius 1 is 1.08 bits per heavy atom. The third kappa shape index (κ3) is 5.36. The molecule has 0 aliphatic rings. The van der Waals surface area contributed by atoms with Crippen LogP contribution in [0, 0.1) is 0 Å². The van der Waals surface area contributed by atoms with E-state index in [9.17, 15) is 4.79 Å². The topological polar surface area (TPSA) is 82.8 Å². The van der Waals surface area contributed by atoms with Crippen LogP contribution in [0.3, 0.4) is 0 Å². The first-order valence-electron chi connectivity index (χ1n) is 7.94. The number of benzene rings is 2. The van der Waals surface area contributed by atoms with Gasteiger partial charge in [0.1, 0.15) is 12.1 Å². The van der Waals surface area contributed by atoms with E-state index in [4.69, 9.17) is 19.9 Å². The van der Waals surface area contributed by atoms with Crippen molar-refractivity contribution in [3.05, 3.63) is 54.1 Å². The highest BCUT2D eigenvalue weighted by atomic mass is 35.5. The van der Waals surface area contributed by atoms with Gasteiger partial charge < -0.3 is 25.3 Å². The zero-order valence-corrected chi connectivity index (χ0v) is 16.0. The average molecular weight is 381 g/mol. The van der Waals surface area contributed by atoms with Gasteiger partial charge in [-0.05, 0) is 24.6 Å². The largest absolute Gasteiger partial charge is 0.493 e. The van der Waals surface area contributed by atoms with Crippen LogP contribution < -0.4 is 20.5 Å². The summed E-state index contributed by atoms with van der Waals surface area (Å²) in [5, 5.41) is 2.83. The third-order valence-electron chi connectivity index (χ3n) is 3.81. The Labute approximate surface area is 160 Å². The van der Waals surface area contributed by atoms with Gasteiger partial charge in [-0.3, -0.25) is 4.79 Å². The fraction of sp³-hybridized carbons (Fsp3) is 0.316. The van der Waals surface area contributed by atoms with Crippen molar-refractivity contribution in [2.24, 2.45) is 5.73 Å². The summed E-state index contributed by atoms with van der Waals surface area (Å²) < 4.78 is 15.9. The van der Waals surface area contributed by atoms with Gasteiger partial charge in [0.25, 0.3) is 0 Å². The number of rotatable bonds is 8. The maximum Gasteiger partial charge on any atom is 0.248 e. The number of nitrogens with two attached hydrogens (primary N) is 1. The third-order valence-corrected chi connectivity index (χ3v) is 3.81. The van der Waals surface area contributed by atoms with Crippen molar-refractivity contribution in [2.75, 3.05) is 32.8 Å². The molecule has 142 valence electrons. The van der Waals surface area contributed by atoms with Gasteiger partial charge >= 0.3 is 0 Å².